The van der Waals surface area contributed by atoms with Crippen molar-refractivity contribution in [3.63, 3.8) is 0 Å². The van der Waals surface area contributed by atoms with E-state index in [0.29, 0.717) is 5.58 Å². The topological polar surface area (TPSA) is 127 Å². The smallest absolute Gasteiger partial charge is 0.405 e. The Balaban J connectivity index is 1.67. The van der Waals surface area contributed by atoms with Crippen molar-refractivity contribution < 1.29 is 23.8 Å². The SMILES string of the molecule is Cc1c(Br)ccc2c3oc(N(C)C(=O)C4(NC(=O)O)CCOC4)nc3c(=O)n(C3CC3)c12. The number of aryl methyl sites for hydroxylation is 1. The molecular weight excluding hydrogens is 484 g/mol. The fraction of sp³-hybridized carbons (Fsp3) is 0.429. The summed E-state index contributed by atoms with van der Waals surface area (Å²) in [4.78, 5) is 43.4. The number of nitrogens with one attached hydrogen (secondary N) is 1. The van der Waals surface area contributed by atoms with Gasteiger partial charge in [-0.3, -0.25) is 14.5 Å². The average molecular weight is 505 g/mol. The average Bonchev–Trinajstić information content (AvgIpc) is 3.30. The molecule has 0 spiro atoms. The molecule has 11 heteroatoms. The van der Waals surface area contributed by atoms with E-state index in [1.165, 1.54) is 7.05 Å². The Morgan fingerprint density at radius 3 is 2.75 bits per heavy atom. The summed E-state index contributed by atoms with van der Waals surface area (Å²) in [5.41, 5.74) is 0.444. The van der Waals surface area contributed by atoms with Gasteiger partial charge in [0.15, 0.2) is 11.1 Å². The van der Waals surface area contributed by atoms with Crippen molar-refractivity contribution in [1.29, 1.82) is 0 Å². The van der Waals surface area contributed by atoms with E-state index in [0.717, 1.165) is 38.7 Å². The Morgan fingerprint density at radius 2 is 2.12 bits per heavy atom. The number of aromatic nitrogens is 2. The van der Waals surface area contributed by atoms with Crippen molar-refractivity contribution >= 4 is 55.9 Å². The summed E-state index contributed by atoms with van der Waals surface area (Å²) in [6.45, 7) is 2.09. The second-order valence-electron chi connectivity index (χ2n) is 8.33. The van der Waals surface area contributed by atoms with Gasteiger partial charge < -0.3 is 24.1 Å². The van der Waals surface area contributed by atoms with Crippen molar-refractivity contribution in [2.75, 3.05) is 25.2 Å². The van der Waals surface area contributed by atoms with Crippen LogP contribution in [-0.2, 0) is 9.53 Å². The molecule has 3 aromatic rings. The summed E-state index contributed by atoms with van der Waals surface area (Å²) in [7, 11) is 1.44. The van der Waals surface area contributed by atoms with Crippen LogP contribution in [0.3, 0.4) is 0 Å². The fourth-order valence-corrected chi connectivity index (χ4v) is 4.66. The van der Waals surface area contributed by atoms with Gasteiger partial charge in [0, 0.05) is 36.0 Å². The molecule has 32 heavy (non-hydrogen) atoms. The summed E-state index contributed by atoms with van der Waals surface area (Å²) in [6.07, 6.45) is 0.694. The first-order valence-electron chi connectivity index (χ1n) is 10.2. The van der Waals surface area contributed by atoms with Crippen molar-refractivity contribution in [1.82, 2.24) is 14.9 Å². The van der Waals surface area contributed by atoms with E-state index in [4.69, 9.17) is 9.15 Å². The van der Waals surface area contributed by atoms with Gasteiger partial charge >= 0.3 is 12.1 Å². The first-order chi connectivity index (χ1) is 15.2. The zero-order valence-corrected chi connectivity index (χ0v) is 19.1. The van der Waals surface area contributed by atoms with Crippen LogP contribution in [0.2, 0.25) is 0 Å². The zero-order valence-electron chi connectivity index (χ0n) is 17.5. The first-order valence-corrected chi connectivity index (χ1v) is 11.0. The van der Waals surface area contributed by atoms with Crippen LogP contribution in [0.1, 0.15) is 30.9 Å². The van der Waals surface area contributed by atoms with Crippen LogP contribution in [0.15, 0.2) is 25.8 Å². The highest BCUT2D eigenvalue weighted by molar-refractivity contribution is 9.10. The van der Waals surface area contributed by atoms with Crippen LogP contribution in [0, 0.1) is 6.92 Å². The first kappa shape index (κ1) is 21.0. The van der Waals surface area contributed by atoms with E-state index in [1.807, 2.05) is 19.1 Å². The van der Waals surface area contributed by atoms with Crippen LogP contribution in [0.4, 0.5) is 10.8 Å². The molecular formula is C21H21BrN4O6. The molecule has 3 heterocycles. The molecule has 1 saturated carbocycles. The molecule has 5 rings (SSSR count). The van der Waals surface area contributed by atoms with E-state index in [2.05, 4.69) is 26.2 Å². The molecule has 2 aromatic heterocycles. The zero-order chi connectivity index (χ0) is 22.8. The van der Waals surface area contributed by atoms with Gasteiger partial charge in [-0.05, 0) is 37.5 Å². The number of benzene rings is 1. The van der Waals surface area contributed by atoms with Crippen LogP contribution < -0.4 is 15.8 Å². The van der Waals surface area contributed by atoms with Crippen molar-refractivity contribution in [2.24, 2.45) is 0 Å². The standard InChI is InChI=1S/C21H21BrN4O6/c1-10-13(22)6-5-12-15(10)26(11-3-4-11)17(27)14-16(12)32-19(23-14)25(2)18(28)21(24-20(29)30)7-8-31-9-21/h5-6,11,24H,3-4,7-9H2,1-2H3,(H,29,30). The molecule has 1 aliphatic carbocycles. The van der Waals surface area contributed by atoms with Crippen LogP contribution in [0.5, 0.6) is 0 Å². The van der Waals surface area contributed by atoms with Crippen LogP contribution in [-0.4, -0.2) is 52.5 Å². The number of anilines is 1. The number of nitrogens with zero attached hydrogens (tertiary/aromatic N) is 3. The predicted molar refractivity (Wildman–Crippen MR) is 119 cm³/mol. The molecule has 1 aromatic carbocycles. The lowest BCUT2D eigenvalue weighted by Crippen LogP contribution is -2.59. The molecule has 1 atom stereocenters. The number of likely N-dealkylation sites (N-methyl/N-ethyl adjacent to an activating group) is 1. The van der Waals surface area contributed by atoms with E-state index < -0.39 is 17.5 Å². The van der Waals surface area contributed by atoms with Gasteiger partial charge in [0.05, 0.1) is 12.1 Å². The summed E-state index contributed by atoms with van der Waals surface area (Å²) >= 11 is 3.54. The highest BCUT2D eigenvalue weighted by atomic mass is 79.9. The molecule has 2 amide bonds. The number of carbonyl (C=O) groups is 2. The molecule has 1 saturated heterocycles. The van der Waals surface area contributed by atoms with E-state index >= 15 is 0 Å². The number of oxazole rings is 1. The molecule has 0 bridgehead atoms. The quantitative estimate of drug-likeness (QED) is 0.558. The number of fused-ring (bicyclic) bond motifs is 3. The van der Waals surface area contributed by atoms with E-state index in [9.17, 15) is 19.5 Å². The number of hydrogen-bond acceptors (Lipinski definition) is 6. The molecule has 1 unspecified atom stereocenters. The summed E-state index contributed by atoms with van der Waals surface area (Å²) in [5.74, 6) is -0.560. The predicted octanol–water partition coefficient (Wildman–Crippen LogP) is 2.94. The van der Waals surface area contributed by atoms with Gasteiger partial charge in [-0.15, -0.1) is 0 Å². The second kappa shape index (κ2) is 7.31. The summed E-state index contributed by atoms with van der Waals surface area (Å²) < 4.78 is 13.9. The maximum absolute atomic E-state index is 13.4. The Labute approximate surface area is 190 Å². The van der Waals surface area contributed by atoms with Gasteiger partial charge in [0.2, 0.25) is 0 Å². The molecule has 10 nitrogen and oxygen atoms in total. The third kappa shape index (κ3) is 3.10. The van der Waals surface area contributed by atoms with Crippen molar-refractivity contribution in [3.8, 4) is 0 Å². The van der Waals surface area contributed by atoms with Gasteiger partial charge in [-0.25, -0.2) is 4.79 Å². The van der Waals surface area contributed by atoms with Gasteiger partial charge in [0.25, 0.3) is 11.5 Å². The Morgan fingerprint density at radius 1 is 1.38 bits per heavy atom. The number of hydrogen-bond donors (Lipinski definition) is 2. The Bertz CT molecular complexity index is 1340. The minimum atomic E-state index is -1.43. The Hall–Kier alpha value is -2.92. The summed E-state index contributed by atoms with van der Waals surface area (Å²) in [5, 5.41) is 12.2. The Kier molecular flexibility index (Phi) is 4.79. The molecule has 2 N–H and O–H groups in total. The molecule has 1 aliphatic heterocycles. The van der Waals surface area contributed by atoms with Crippen LogP contribution in [0.25, 0.3) is 22.0 Å². The minimum absolute atomic E-state index is 0.0732. The van der Waals surface area contributed by atoms with E-state index in [1.54, 1.807) is 4.57 Å². The van der Waals surface area contributed by atoms with Crippen LogP contribution >= 0.6 is 15.9 Å². The largest absolute Gasteiger partial charge is 0.465 e. The number of ether oxygens (including phenoxy) is 1. The number of carbonyl (C=O) groups excluding carboxylic acids is 1. The monoisotopic (exact) mass is 504 g/mol. The lowest BCUT2D eigenvalue weighted by molar-refractivity contribution is -0.124. The van der Waals surface area contributed by atoms with Gasteiger partial charge in [-0.1, -0.05) is 15.9 Å². The molecule has 2 fully saturated rings. The molecule has 2 aliphatic rings. The van der Waals surface area contributed by atoms with Crippen molar-refractivity contribution in [2.45, 2.75) is 37.8 Å². The number of pyridine rings is 1. The lowest BCUT2D eigenvalue weighted by Gasteiger charge is -2.29. The maximum Gasteiger partial charge on any atom is 0.405 e. The summed E-state index contributed by atoms with van der Waals surface area (Å²) in [6, 6.07) is 3.79. The number of amides is 2. The lowest BCUT2D eigenvalue weighted by atomic mass is 9.97. The second-order valence-corrected chi connectivity index (χ2v) is 9.18. The van der Waals surface area contributed by atoms with E-state index in [-0.39, 0.29) is 42.8 Å². The highest BCUT2D eigenvalue weighted by Gasteiger charge is 2.46. The number of rotatable bonds is 4. The molecule has 168 valence electrons. The maximum atomic E-state index is 13.4. The number of halogens is 1. The van der Waals surface area contributed by atoms with Gasteiger partial charge in [0.1, 0.15) is 5.54 Å². The number of carboxylic acid groups (broad SMARTS) is 1. The third-order valence-electron chi connectivity index (χ3n) is 6.17. The molecule has 0 radical (unpaired) electrons. The highest BCUT2D eigenvalue weighted by Crippen LogP contribution is 2.40. The van der Waals surface area contributed by atoms with Crippen molar-refractivity contribution in [3.05, 3.63) is 32.5 Å². The normalized spacial score (nSPS) is 20.7. The minimum Gasteiger partial charge on any atom is -0.465 e. The van der Waals surface area contributed by atoms with Gasteiger partial charge in [-0.2, -0.15) is 4.98 Å². The third-order valence-corrected chi connectivity index (χ3v) is 7.03. The fourth-order valence-electron chi connectivity index (χ4n) is 4.34.